The largest absolute Gasteiger partial charge is 0.444 e. The van der Waals surface area contributed by atoms with Gasteiger partial charge in [0.1, 0.15) is 5.60 Å². The number of carbonyl (C=O) groups excluding carboxylic acids is 3. The molecule has 7 nitrogen and oxygen atoms in total. The van der Waals surface area contributed by atoms with Crippen molar-refractivity contribution >= 4 is 23.6 Å². The number of likely N-dealkylation sites (N-methyl/N-ethyl adjacent to an activating group) is 1. The maximum atomic E-state index is 12.1. The molecule has 0 aliphatic rings. The maximum absolute atomic E-state index is 12.1. The highest BCUT2D eigenvalue weighted by Gasteiger charge is 2.16. The zero-order chi connectivity index (χ0) is 19.7. The lowest BCUT2D eigenvalue weighted by atomic mass is 10.2. The van der Waals surface area contributed by atoms with Gasteiger partial charge >= 0.3 is 6.09 Å². The molecular weight excluding hydrogens is 334 g/mol. The van der Waals surface area contributed by atoms with E-state index < -0.39 is 11.7 Å². The molecule has 7 heteroatoms. The Labute approximate surface area is 155 Å². The molecule has 0 aromatic heterocycles. The van der Waals surface area contributed by atoms with E-state index in [1.54, 1.807) is 27.8 Å². The Morgan fingerprint density at radius 3 is 2.31 bits per heavy atom. The summed E-state index contributed by atoms with van der Waals surface area (Å²) < 4.78 is 5.11. The van der Waals surface area contributed by atoms with Gasteiger partial charge in [-0.05, 0) is 46.2 Å². The van der Waals surface area contributed by atoms with Crippen molar-refractivity contribution in [1.82, 2.24) is 10.2 Å². The average molecular weight is 363 g/mol. The van der Waals surface area contributed by atoms with Gasteiger partial charge in [0.05, 0.1) is 6.54 Å². The molecule has 0 bridgehead atoms. The van der Waals surface area contributed by atoms with Crippen molar-refractivity contribution in [2.75, 3.05) is 25.5 Å². The number of carbonyl (C=O) groups is 3. The van der Waals surface area contributed by atoms with Gasteiger partial charge in [0, 0.05) is 25.7 Å². The summed E-state index contributed by atoms with van der Waals surface area (Å²) in [6.45, 7) is 7.64. The topological polar surface area (TPSA) is 87.7 Å². The molecule has 0 saturated carbocycles. The van der Waals surface area contributed by atoms with Crippen LogP contribution in [0.5, 0.6) is 0 Å². The number of aryl methyl sites for hydroxylation is 1. The number of rotatable bonds is 7. The summed E-state index contributed by atoms with van der Waals surface area (Å²) in [5.74, 6) is -0.411. The van der Waals surface area contributed by atoms with Crippen LogP contribution in [-0.4, -0.2) is 48.5 Å². The van der Waals surface area contributed by atoms with Gasteiger partial charge in [-0.2, -0.15) is 0 Å². The number of nitrogens with zero attached hydrogens (tertiary/aromatic N) is 1. The smallest absolute Gasteiger partial charge is 0.407 e. The van der Waals surface area contributed by atoms with E-state index in [4.69, 9.17) is 4.74 Å². The average Bonchev–Trinajstić information content (AvgIpc) is 2.51. The van der Waals surface area contributed by atoms with Gasteiger partial charge in [-0.1, -0.05) is 17.7 Å². The number of ether oxygens (including phenoxy) is 1. The minimum Gasteiger partial charge on any atom is -0.444 e. The Morgan fingerprint density at radius 2 is 1.73 bits per heavy atom. The van der Waals surface area contributed by atoms with Crippen LogP contribution in [0.1, 0.15) is 39.2 Å². The van der Waals surface area contributed by atoms with E-state index in [1.807, 2.05) is 31.2 Å². The molecule has 0 aliphatic heterocycles. The first-order valence-corrected chi connectivity index (χ1v) is 8.64. The third-order valence-corrected chi connectivity index (χ3v) is 3.38. The van der Waals surface area contributed by atoms with E-state index >= 15 is 0 Å². The molecule has 0 heterocycles. The molecule has 1 aromatic carbocycles. The molecule has 0 fully saturated rings. The monoisotopic (exact) mass is 363 g/mol. The molecule has 2 N–H and O–H groups in total. The minimum absolute atomic E-state index is 0.0216. The van der Waals surface area contributed by atoms with E-state index in [-0.39, 0.29) is 24.8 Å². The van der Waals surface area contributed by atoms with Gasteiger partial charge in [-0.25, -0.2) is 4.79 Å². The molecule has 144 valence electrons. The van der Waals surface area contributed by atoms with Crippen molar-refractivity contribution < 1.29 is 19.1 Å². The normalized spacial score (nSPS) is 10.8. The van der Waals surface area contributed by atoms with Crippen LogP contribution in [0.25, 0.3) is 0 Å². The van der Waals surface area contributed by atoms with Gasteiger partial charge in [-0.3, -0.25) is 9.59 Å². The van der Waals surface area contributed by atoms with Crippen molar-refractivity contribution in [3.05, 3.63) is 29.8 Å². The van der Waals surface area contributed by atoms with Crippen LogP contribution >= 0.6 is 0 Å². The van der Waals surface area contributed by atoms with Gasteiger partial charge in [0.25, 0.3) is 0 Å². The quantitative estimate of drug-likeness (QED) is 0.729. The summed E-state index contributed by atoms with van der Waals surface area (Å²) >= 11 is 0. The number of hydrogen-bond donors (Lipinski definition) is 2. The summed E-state index contributed by atoms with van der Waals surface area (Å²) in [5, 5.41) is 5.35. The molecule has 1 rings (SSSR count). The third kappa shape index (κ3) is 9.05. The Morgan fingerprint density at radius 1 is 1.12 bits per heavy atom. The fourth-order valence-corrected chi connectivity index (χ4v) is 2.08. The molecule has 0 atom stereocenters. The Kier molecular flexibility index (Phi) is 8.09. The highest BCUT2D eigenvalue weighted by atomic mass is 16.6. The minimum atomic E-state index is -0.551. The summed E-state index contributed by atoms with van der Waals surface area (Å²) in [6, 6.07) is 7.44. The highest BCUT2D eigenvalue weighted by molar-refractivity contribution is 5.94. The summed E-state index contributed by atoms with van der Waals surface area (Å²) in [5.41, 5.74) is 1.25. The van der Waals surface area contributed by atoms with E-state index in [1.165, 1.54) is 4.90 Å². The predicted octanol–water partition coefficient (Wildman–Crippen LogP) is 2.70. The van der Waals surface area contributed by atoms with Crippen LogP contribution in [0.15, 0.2) is 24.3 Å². The van der Waals surface area contributed by atoms with Crippen molar-refractivity contribution in [1.29, 1.82) is 0 Å². The molecule has 0 unspecified atom stereocenters. The van der Waals surface area contributed by atoms with Gasteiger partial charge < -0.3 is 20.3 Å². The molecule has 0 saturated heterocycles. The van der Waals surface area contributed by atoms with Crippen LogP contribution in [0, 0.1) is 6.92 Å². The van der Waals surface area contributed by atoms with Gasteiger partial charge in [0.2, 0.25) is 11.8 Å². The summed E-state index contributed by atoms with van der Waals surface area (Å²) in [4.78, 5) is 36.9. The molecule has 0 spiro atoms. The standard InChI is InChI=1S/C19H29N3O4/c1-14-8-10-15(11-9-14)21-16(23)13-22(5)17(24)7-6-12-20-18(25)26-19(2,3)4/h8-11H,6-7,12-13H2,1-5H3,(H,20,25)(H,21,23). The summed E-state index contributed by atoms with van der Waals surface area (Å²) in [6.07, 6.45) is 0.210. The van der Waals surface area contributed by atoms with Gasteiger partial charge in [-0.15, -0.1) is 0 Å². The van der Waals surface area contributed by atoms with E-state index in [0.717, 1.165) is 5.56 Å². The molecular formula is C19H29N3O4. The predicted molar refractivity (Wildman–Crippen MR) is 101 cm³/mol. The zero-order valence-corrected chi connectivity index (χ0v) is 16.2. The molecule has 26 heavy (non-hydrogen) atoms. The second-order valence-electron chi connectivity index (χ2n) is 7.20. The van der Waals surface area contributed by atoms with Crippen LogP contribution in [0.2, 0.25) is 0 Å². The number of amides is 3. The Bertz CT molecular complexity index is 621. The number of anilines is 1. The lowest BCUT2D eigenvalue weighted by Gasteiger charge is -2.20. The number of alkyl carbamates (subject to hydrolysis) is 1. The van der Waals surface area contributed by atoms with E-state index in [9.17, 15) is 14.4 Å². The first kappa shape index (κ1) is 21.5. The third-order valence-electron chi connectivity index (χ3n) is 3.38. The summed E-state index contributed by atoms with van der Waals surface area (Å²) in [7, 11) is 1.58. The second-order valence-corrected chi connectivity index (χ2v) is 7.20. The zero-order valence-electron chi connectivity index (χ0n) is 16.2. The van der Waals surface area contributed by atoms with Crippen LogP contribution in [0.3, 0.4) is 0 Å². The SMILES string of the molecule is Cc1ccc(NC(=O)CN(C)C(=O)CCCNC(=O)OC(C)(C)C)cc1. The first-order valence-electron chi connectivity index (χ1n) is 8.64. The highest BCUT2D eigenvalue weighted by Crippen LogP contribution is 2.09. The molecule has 3 amide bonds. The van der Waals surface area contributed by atoms with Crippen LogP contribution in [0.4, 0.5) is 10.5 Å². The lowest BCUT2D eigenvalue weighted by Crippen LogP contribution is -2.36. The van der Waals surface area contributed by atoms with Crippen molar-refractivity contribution in [2.45, 2.75) is 46.1 Å². The van der Waals surface area contributed by atoms with Crippen molar-refractivity contribution in [3.8, 4) is 0 Å². The molecule has 0 radical (unpaired) electrons. The number of benzene rings is 1. The van der Waals surface area contributed by atoms with Crippen molar-refractivity contribution in [3.63, 3.8) is 0 Å². The second kappa shape index (κ2) is 9.79. The van der Waals surface area contributed by atoms with Crippen LogP contribution in [-0.2, 0) is 14.3 Å². The van der Waals surface area contributed by atoms with E-state index in [0.29, 0.717) is 18.7 Å². The molecule has 0 aliphatic carbocycles. The number of nitrogens with one attached hydrogen (secondary N) is 2. The van der Waals surface area contributed by atoms with Crippen molar-refractivity contribution in [2.24, 2.45) is 0 Å². The lowest BCUT2D eigenvalue weighted by molar-refractivity contribution is -0.133. The van der Waals surface area contributed by atoms with Crippen LogP contribution < -0.4 is 10.6 Å². The van der Waals surface area contributed by atoms with E-state index in [2.05, 4.69) is 10.6 Å². The Hall–Kier alpha value is -2.57. The maximum Gasteiger partial charge on any atom is 0.407 e. The Balaban J connectivity index is 2.26. The number of hydrogen-bond acceptors (Lipinski definition) is 4. The fraction of sp³-hybridized carbons (Fsp3) is 0.526. The molecule has 1 aromatic rings. The van der Waals surface area contributed by atoms with Gasteiger partial charge in [0.15, 0.2) is 0 Å². The fourth-order valence-electron chi connectivity index (χ4n) is 2.08. The first-order chi connectivity index (χ1) is 12.1.